The van der Waals surface area contributed by atoms with Crippen molar-refractivity contribution in [2.45, 2.75) is 48.7 Å². The molecule has 100 valence electrons. The summed E-state index contributed by atoms with van der Waals surface area (Å²) in [4.78, 5) is 4.11. The maximum absolute atomic E-state index is 12.0. The molecular weight excluding hydrogens is 260 g/mol. The number of aromatic nitrogens is 1. The van der Waals surface area contributed by atoms with Crippen LogP contribution in [-0.2, 0) is 16.4 Å². The van der Waals surface area contributed by atoms with E-state index in [2.05, 4.69) is 4.98 Å². The second kappa shape index (κ2) is 4.39. The molecule has 2 aliphatic rings. The topological polar surface area (TPSA) is 74.0 Å². The summed E-state index contributed by atoms with van der Waals surface area (Å²) in [5.41, 5.74) is 1.02. The van der Waals surface area contributed by atoms with Gasteiger partial charge in [0.05, 0.1) is 5.60 Å². The molecule has 19 heavy (non-hydrogen) atoms. The minimum atomic E-state index is -0.925. The van der Waals surface area contributed by atoms with Crippen LogP contribution in [0.25, 0.3) is 0 Å². The lowest BCUT2D eigenvalue weighted by atomic mass is 9.86. The van der Waals surface area contributed by atoms with Gasteiger partial charge in [0, 0.05) is 33.1 Å². The molecule has 2 bridgehead atoms. The summed E-state index contributed by atoms with van der Waals surface area (Å²) in [7, 11) is -0.783. The minimum Gasteiger partial charge on any atom is -0.385 e. The molecule has 0 aliphatic carbocycles. The van der Waals surface area contributed by atoms with E-state index in [1.54, 1.807) is 6.20 Å². The molecule has 2 saturated heterocycles. The number of aliphatic hydroxyl groups is 1. The van der Waals surface area contributed by atoms with Crippen molar-refractivity contribution in [3.05, 3.63) is 29.1 Å². The quantitative estimate of drug-likeness (QED) is 0.844. The van der Waals surface area contributed by atoms with Gasteiger partial charge >= 0.3 is 0 Å². The van der Waals surface area contributed by atoms with Crippen LogP contribution in [0.3, 0.4) is 0 Å². The molecule has 0 aromatic carbocycles. The normalized spacial score (nSPS) is 37.0. The highest BCUT2D eigenvalue weighted by Crippen LogP contribution is 2.45. The first kappa shape index (κ1) is 12.8. The number of aryl methyl sites for hydroxylation is 1. The maximum atomic E-state index is 12.0. The Labute approximate surface area is 114 Å². The molecular formula is C14H16N2O2S. The SMILES string of the molecule is Cc1cc(C2(O)CC3CCC(C2)S3=O)cnc1C#N. The fraction of sp³-hybridized carbons (Fsp3) is 0.571. The van der Waals surface area contributed by atoms with Crippen molar-refractivity contribution in [1.29, 1.82) is 5.26 Å². The summed E-state index contributed by atoms with van der Waals surface area (Å²) in [6, 6.07) is 3.88. The van der Waals surface area contributed by atoms with Crippen molar-refractivity contribution in [1.82, 2.24) is 4.98 Å². The van der Waals surface area contributed by atoms with Crippen LogP contribution in [0, 0.1) is 18.3 Å². The van der Waals surface area contributed by atoms with Crippen molar-refractivity contribution in [2.75, 3.05) is 0 Å². The Morgan fingerprint density at radius 3 is 2.63 bits per heavy atom. The van der Waals surface area contributed by atoms with Gasteiger partial charge in [-0.25, -0.2) is 4.98 Å². The Kier molecular flexibility index (Phi) is 2.95. The van der Waals surface area contributed by atoms with Crippen molar-refractivity contribution >= 4 is 10.8 Å². The van der Waals surface area contributed by atoms with Crippen molar-refractivity contribution < 1.29 is 9.32 Å². The highest BCUT2D eigenvalue weighted by molar-refractivity contribution is 7.86. The van der Waals surface area contributed by atoms with Crippen LogP contribution in [0.2, 0.25) is 0 Å². The van der Waals surface area contributed by atoms with Gasteiger partial charge in [0.2, 0.25) is 0 Å². The number of pyridine rings is 1. The van der Waals surface area contributed by atoms with E-state index in [9.17, 15) is 9.32 Å². The van der Waals surface area contributed by atoms with E-state index in [0.717, 1.165) is 24.0 Å². The summed E-state index contributed by atoms with van der Waals surface area (Å²) in [6.45, 7) is 1.83. The lowest BCUT2D eigenvalue weighted by molar-refractivity contribution is 0.0181. The van der Waals surface area contributed by atoms with Gasteiger partial charge in [0.15, 0.2) is 0 Å². The van der Waals surface area contributed by atoms with E-state index in [1.807, 2.05) is 19.1 Å². The molecule has 5 heteroatoms. The van der Waals surface area contributed by atoms with Gasteiger partial charge in [-0.05, 0) is 44.2 Å². The Hall–Kier alpha value is -1.25. The molecule has 1 aromatic rings. The molecule has 0 amide bonds. The molecule has 2 fully saturated rings. The third kappa shape index (κ3) is 1.99. The number of fused-ring (bicyclic) bond motifs is 2. The van der Waals surface area contributed by atoms with E-state index < -0.39 is 16.4 Å². The summed E-state index contributed by atoms with van der Waals surface area (Å²) in [6.07, 6.45) is 4.58. The molecule has 0 radical (unpaired) electrons. The van der Waals surface area contributed by atoms with Gasteiger partial charge in [-0.1, -0.05) is 0 Å². The molecule has 1 N–H and O–H groups in total. The average molecular weight is 276 g/mol. The number of nitriles is 1. The molecule has 1 aromatic heterocycles. The Bertz CT molecular complexity index is 578. The van der Waals surface area contributed by atoms with E-state index in [1.165, 1.54) is 0 Å². The Morgan fingerprint density at radius 2 is 2.11 bits per heavy atom. The molecule has 0 saturated carbocycles. The number of nitrogens with zero attached hydrogens (tertiary/aromatic N) is 2. The largest absolute Gasteiger partial charge is 0.385 e. The molecule has 2 atom stereocenters. The Balaban J connectivity index is 1.96. The molecule has 0 spiro atoms. The zero-order valence-electron chi connectivity index (χ0n) is 10.8. The fourth-order valence-electron chi connectivity index (χ4n) is 3.26. The smallest absolute Gasteiger partial charge is 0.143 e. The lowest BCUT2D eigenvalue weighted by Crippen LogP contribution is -2.40. The highest BCUT2D eigenvalue weighted by atomic mass is 32.2. The van der Waals surface area contributed by atoms with Gasteiger partial charge in [0.1, 0.15) is 11.8 Å². The monoisotopic (exact) mass is 276 g/mol. The van der Waals surface area contributed by atoms with Crippen LogP contribution in [-0.4, -0.2) is 24.8 Å². The molecule has 4 nitrogen and oxygen atoms in total. The molecule has 2 aliphatic heterocycles. The highest BCUT2D eigenvalue weighted by Gasteiger charge is 2.48. The summed E-state index contributed by atoms with van der Waals surface area (Å²) in [5, 5.41) is 20.0. The molecule has 2 unspecified atom stereocenters. The molecule has 3 rings (SSSR count). The van der Waals surface area contributed by atoms with Crippen LogP contribution in [0.1, 0.15) is 42.5 Å². The Morgan fingerprint density at radius 1 is 1.47 bits per heavy atom. The van der Waals surface area contributed by atoms with Crippen molar-refractivity contribution in [3.8, 4) is 6.07 Å². The first-order valence-corrected chi connectivity index (χ1v) is 7.80. The van der Waals surface area contributed by atoms with Gasteiger partial charge in [0.25, 0.3) is 0 Å². The van der Waals surface area contributed by atoms with Crippen molar-refractivity contribution in [3.63, 3.8) is 0 Å². The summed E-state index contributed by atoms with van der Waals surface area (Å²) < 4.78 is 12.0. The van der Waals surface area contributed by atoms with E-state index in [0.29, 0.717) is 18.5 Å². The zero-order valence-corrected chi connectivity index (χ0v) is 11.6. The minimum absolute atomic E-state index is 0.111. The summed E-state index contributed by atoms with van der Waals surface area (Å²) >= 11 is 0. The standard InChI is InChI=1S/C14H16N2O2S/c1-9-4-10(8-16-13(9)7-15)14(17)5-11-2-3-12(6-14)19(11)18/h4,8,11-12,17H,2-3,5-6H2,1H3. The van der Waals surface area contributed by atoms with Gasteiger partial charge in [-0.3, -0.25) is 4.21 Å². The number of hydrogen-bond acceptors (Lipinski definition) is 4. The second-order valence-corrected chi connectivity index (χ2v) is 7.58. The van der Waals surface area contributed by atoms with Crippen LogP contribution in [0.4, 0.5) is 0 Å². The van der Waals surface area contributed by atoms with Crippen LogP contribution in [0.5, 0.6) is 0 Å². The summed E-state index contributed by atoms with van der Waals surface area (Å²) in [5.74, 6) is 0. The van der Waals surface area contributed by atoms with E-state index in [4.69, 9.17) is 5.26 Å². The first-order valence-electron chi connectivity index (χ1n) is 6.52. The van der Waals surface area contributed by atoms with E-state index >= 15 is 0 Å². The van der Waals surface area contributed by atoms with Crippen molar-refractivity contribution in [2.24, 2.45) is 0 Å². The lowest BCUT2D eigenvalue weighted by Gasteiger charge is -2.36. The first-order chi connectivity index (χ1) is 9.03. The van der Waals surface area contributed by atoms with Crippen LogP contribution in [0.15, 0.2) is 12.3 Å². The molecule has 3 heterocycles. The average Bonchev–Trinajstić information content (AvgIpc) is 2.63. The second-order valence-electron chi connectivity index (χ2n) is 5.59. The zero-order chi connectivity index (χ0) is 13.6. The third-order valence-electron chi connectivity index (χ3n) is 4.32. The van der Waals surface area contributed by atoms with Crippen LogP contribution >= 0.6 is 0 Å². The maximum Gasteiger partial charge on any atom is 0.143 e. The third-order valence-corrected chi connectivity index (χ3v) is 6.44. The number of rotatable bonds is 1. The van der Waals surface area contributed by atoms with Crippen LogP contribution < -0.4 is 0 Å². The van der Waals surface area contributed by atoms with Gasteiger partial charge < -0.3 is 5.11 Å². The predicted molar refractivity (Wildman–Crippen MR) is 71.8 cm³/mol. The van der Waals surface area contributed by atoms with Gasteiger partial charge in [-0.2, -0.15) is 5.26 Å². The van der Waals surface area contributed by atoms with E-state index in [-0.39, 0.29) is 10.5 Å². The predicted octanol–water partition coefficient (Wildman–Crippen LogP) is 1.52. The van der Waals surface area contributed by atoms with Gasteiger partial charge in [-0.15, -0.1) is 0 Å². The number of hydrogen-bond donors (Lipinski definition) is 1. The fourth-order valence-corrected chi connectivity index (χ4v) is 5.42.